The van der Waals surface area contributed by atoms with E-state index in [9.17, 15) is 0 Å². The summed E-state index contributed by atoms with van der Waals surface area (Å²) in [5, 5.41) is 10.7. The maximum atomic E-state index is 8.50. The zero-order valence-corrected chi connectivity index (χ0v) is 7.62. The molecule has 2 nitrogen and oxygen atoms in total. The fourth-order valence-electron chi connectivity index (χ4n) is 0.779. The fourth-order valence-corrected chi connectivity index (χ4v) is 2.34. The quantitative estimate of drug-likeness (QED) is 0.447. The highest BCUT2D eigenvalue weighted by Gasteiger charge is 2.03. The molecule has 1 rings (SSSR count). The van der Waals surface area contributed by atoms with Crippen LogP contribution in [0.4, 0.5) is 0 Å². The first-order valence-corrected chi connectivity index (χ1v) is 4.50. The molecule has 1 heterocycles. The Bertz CT molecular complexity index is 107. The Morgan fingerprint density at radius 2 is 2.44 bits per heavy atom. The summed E-state index contributed by atoms with van der Waals surface area (Å²) in [6.45, 7) is 1.58. The van der Waals surface area contributed by atoms with Crippen LogP contribution in [0.2, 0.25) is 0 Å². The van der Waals surface area contributed by atoms with Crippen LogP contribution in [0.3, 0.4) is 0 Å². The minimum absolute atomic E-state index is 0. The van der Waals surface area contributed by atoms with Crippen LogP contribution in [0.5, 0.6) is 0 Å². The molecule has 3 N–H and O–H groups in total. The van der Waals surface area contributed by atoms with E-state index < -0.39 is 0 Å². The summed E-state index contributed by atoms with van der Waals surface area (Å²) in [5.74, 6) is 2.26. The molecule has 0 amide bonds. The highest BCUT2D eigenvalue weighted by Crippen LogP contribution is 2.08. The van der Waals surface area contributed by atoms with Crippen LogP contribution in [0, 0.1) is 0 Å². The van der Waals surface area contributed by atoms with Crippen LogP contribution < -0.4 is 22.3 Å². The van der Waals surface area contributed by atoms with Crippen molar-refractivity contribution in [2.24, 2.45) is 0 Å². The van der Waals surface area contributed by atoms with Crippen LogP contribution in [0.1, 0.15) is 0 Å². The van der Waals surface area contributed by atoms with E-state index in [0.29, 0.717) is 17.1 Å². The van der Waals surface area contributed by atoms with Crippen LogP contribution in [-0.2, 0) is 0 Å². The molecule has 0 aliphatic carbocycles. The van der Waals surface area contributed by atoms with Gasteiger partial charge in [0.1, 0.15) is 5.49 Å². The molecular formula is C5H12BrNOS. The Morgan fingerprint density at radius 3 is 2.89 bits per heavy atom. The van der Waals surface area contributed by atoms with Gasteiger partial charge in [-0.25, -0.2) is 0 Å². The Balaban J connectivity index is 0.000000640. The lowest BCUT2D eigenvalue weighted by Crippen LogP contribution is -3.00. The molecule has 0 aromatic heterocycles. The second kappa shape index (κ2) is 5.41. The average molecular weight is 214 g/mol. The third-order valence-corrected chi connectivity index (χ3v) is 3.23. The molecular weight excluding hydrogens is 202 g/mol. The molecule has 0 spiro atoms. The molecule has 0 aromatic carbocycles. The number of hydrogen-bond donors (Lipinski definition) is 2. The van der Waals surface area contributed by atoms with E-state index in [0.717, 1.165) is 5.75 Å². The molecule has 0 fully saturated rings. The predicted octanol–water partition coefficient (Wildman–Crippen LogP) is -4.41. The summed E-state index contributed by atoms with van der Waals surface area (Å²) in [5.41, 5.74) is 2.23. The van der Waals surface area contributed by atoms with Gasteiger partial charge in [0.15, 0.2) is 0 Å². The highest BCUT2D eigenvalue weighted by molar-refractivity contribution is 8.14. The summed E-state index contributed by atoms with van der Waals surface area (Å²) in [6, 6.07) is 0. The van der Waals surface area contributed by atoms with Crippen LogP contribution in [-0.4, -0.2) is 35.3 Å². The normalized spacial score (nSPS) is 24.8. The lowest BCUT2D eigenvalue weighted by molar-refractivity contribution is -0.518. The second-order valence-electron chi connectivity index (χ2n) is 1.83. The number of halogens is 1. The Hall–Kier alpha value is 0.620. The van der Waals surface area contributed by atoms with E-state index in [1.807, 2.05) is 0 Å². The van der Waals surface area contributed by atoms with Gasteiger partial charge in [0.25, 0.3) is 0 Å². The van der Waals surface area contributed by atoms with Crippen LogP contribution in [0.25, 0.3) is 0 Å². The summed E-state index contributed by atoms with van der Waals surface area (Å²) < 4.78 is 0. The first-order valence-electron chi connectivity index (χ1n) is 2.87. The Morgan fingerprint density at radius 1 is 1.67 bits per heavy atom. The topological polar surface area (TPSA) is 36.8 Å². The summed E-state index contributed by atoms with van der Waals surface area (Å²) in [7, 11) is 0.442. The SMILES string of the molecule is OCCS1=C[NH2+]CC1.[Br-]. The molecule has 0 saturated carbocycles. The maximum absolute atomic E-state index is 8.50. The lowest BCUT2D eigenvalue weighted by Gasteiger charge is -1.91. The van der Waals surface area contributed by atoms with E-state index in [1.165, 1.54) is 12.3 Å². The van der Waals surface area contributed by atoms with Crippen molar-refractivity contribution in [2.75, 3.05) is 24.7 Å². The number of aliphatic hydroxyl groups excluding tert-OH is 1. The van der Waals surface area contributed by atoms with Gasteiger partial charge < -0.3 is 27.4 Å². The van der Waals surface area contributed by atoms with E-state index in [-0.39, 0.29) is 17.0 Å². The highest BCUT2D eigenvalue weighted by atomic mass is 79.9. The molecule has 0 aromatic rings. The molecule has 4 heteroatoms. The maximum Gasteiger partial charge on any atom is 0.118 e. The van der Waals surface area contributed by atoms with E-state index in [2.05, 4.69) is 10.8 Å². The average Bonchev–Trinajstić information content (AvgIpc) is 2.19. The Labute approximate surface area is 68.3 Å². The van der Waals surface area contributed by atoms with E-state index >= 15 is 0 Å². The number of hydrogen-bond acceptors (Lipinski definition) is 1. The minimum atomic E-state index is 0. The molecule has 1 aliphatic rings. The summed E-state index contributed by atoms with van der Waals surface area (Å²) in [4.78, 5) is 0. The van der Waals surface area contributed by atoms with Gasteiger partial charge in [0, 0.05) is 11.5 Å². The Kier molecular flexibility index (Phi) is 5.78. The molecule has 1 atom stereocenters. The summed E-state index contributed by atoms with van der Waals surface area (Å²) >= 11 is 0. The first kappa shape index (κ1) is 9.62. The minimum Gasteiger partial charge on any atom is -1.00 e. The standard InChI is InChI=1S/C5H11NOS.BrH/c7-2-4-8-3-1-6-5-8;/h5-7H,1-4H2;1H. The molecule has 56 valence electrons. The first-order chi connectivity index (χ1) is 3.93. The van der Waals surface area contributed by atoms with Crippen molar-refractivity contribution in [3.8, 4) is 0 Å². The number of nitrogens with two attached hydrogens (primary N) is 1. The molecule has 0 saturated heterocycles. The van der Waals surface area contributed by atoms with Gasteiger partial charge >= 0.3 is 0 Å². The number of quaternary nitrogens is 1. The van der Waals surface area contributed by atoms with Crippen molar-refractivity contribution >= 4 is 16.0 Å². The van der Waals surface area contributed by atoms with Crippen molar-refractivity contribution < 1.29 is 27.4 Å². The van der Waals surface area contributed by atoms with Crippen molar-refractivity contribution in [3.63, 3.8) is 0 Å². The monoisotopic (exact) mass is 213 g/mol. The molecule has 9 heavy (non-hydrogen) atoms. The van der Waals surface area contributed by atoms with E-state index in [1.54, 1.807) is 0 Å². The van der Waals surface area contributed by atoms with Crippen LogP contribution >= 0.6 is 10.5 Å². The lowest BCUT2D eigenvalue weighted by atomic mass is 10.8. The van der Waals surface area contributed by atoms with Gasteiger partial charge in [-0.05, 0) is 0 Å². The molecule has 1 unspecified atom stereocenters. The molecule has 0 radical (unpaired) electrons. The third kappa shape index (κ3) is 3.35. The van der Waals surface area contributed by atoms with Crippen molar-refractivity contribution in [1.82, 2.24) is 0 Å². The van der Waals surface area contributed by atoms with Gasteiger partial charge in [-0.1, -0.05) is 0 Å². The smallest absolute Gasteiger partial charge is 0.118 e. The van der Waals surface area contributed by atoms with Gasteiger partial charge in [-0.2, -0.15) is 0 Å². The van der Waals surface area contributed by atoms with E-state index in [4.69, 9.17) is 5.11 Å². The second-order valence-corrected chi connectivity index (χ2v) is 3.99. The number of rotatable bonds is 2. The van der Waals surface area contributed by atoms with Gasteiger partial charge in [-0.15, -0.1) is 10.5 Å². The van der Waals surface area contributed by atoms with Crippen LogP contribution in [0.15, 0.2) is 0 Å². The zero-order chi connectivity index (χ0) is 5.82. The predicted molar refractivity (Wildman–Crippen MR) is 37.3 cm³/mol. The van der Waals surface area contributed by atoms with Crippen molar-refractivity contribution in [2.45, 2.75) is 0 Å². The molecule has 1 aliphatic heterocycles. The summed E-state index contributed by atoms with van der Waals surface area (Å²) in [6.07, 6.45) is 0. The van der Waals surface area contributed by atoms with Crippen molar-refractivity contribution in [3.05, 3.63) is 0 Å². The third-order valence-electron chi connectivity index (χ3n) is 1.19. The fraction of sp³-hybridized carbons (Fsp3) is 0.800. The van der Waals surface area contributed by atoms with Gasteiger partial charge in [-0.3, -0.25) is 0 Å². The van der Waals surface area contributed by atoms with Crippen molar-refractivity contribution in [1.29, 1.82) is 0 Å². The van der Waals surface area contributed by atoms with Gasteiger partial charge in [0.2, 0.25) is 0 Å². The largest absolute Gasteiger partial charge is 1.00 e. The molecule has 0 bridgehead atoms. The zero-order valence-electron chi connectivity index (χ0n) is 5.22. The number of aliphatic hydroxyl groups is 1. The van der Waals surface area contributed by atoms with Gasteiger partial charge in [0.05, 0.1) is 13.2 Å².